The first-order chi connectivity index (χ1) is 16.1. The van der Waals surface area contributed by atoms with Crippen LogP contribution in [-0.4, -0.2) is 43.5 Å². The summed E-state index contributed by atoms with van der Waals surface area (Å²) in [6.45, 7) is 0.958. The summed E-state index contributed by atoms with van der Waals surface area (Å²) in [5.74, 6) is 1.25. The van der Waals surface area contributed by atoms with Crippen LogP contribution >= 0.6 is 0 Å². The van der Waals surface area contributed by atoms with Gasteiger partial charge in [0.2, 0.25) is 5.91 Å². The molecule has 3 aromatic carbocycles. The summed E-state index contributed by atoms with van der Waals surface area (Å²) < 4.78 is 10.6. The summed E-state index contributed by atoms with van der Waals surface area (Å²) in [6, 6.07) is 22.4. The number of ether oxygens (including phenoxy) is 2. The highest BCUT2D eigenvalue weighted by molar-refractivity contribution is 5.98. The van der Waals surface area contributed by atoms with Crippen molar-refractivity contribution in [2.75, 3.05) is 20.8 Å². The zero-order valence-corrected chi connectivity index (χ0v) is 18.9. The van der Waals surface area contributed by atoms with Gasteiger partial charge in [-0.3, -0.25) is 9.59 Å². The third kappa shape index (κ3) is 5.17. The van der Waals surface area contributed by atoms with E-state index in [1.807, 2.05) is 66.7 Å². The Hall–Kier alpha value is -3.80. The minimum Gasteiger partial charge on any atom is -0.497 e. The monoisotopic (exact) mass is 444 g/mol. The first-order valence-electron chi connectivity index (χ1n) is 11.0. The zero-order valence-electron chi connectivity index (χ0n) is 18.9. The molecule has 1 heterocycles. The van der Waals surface area contributed by atoms with Crippen molar-refractivity contribution in [2.24, 2.45) is 0 Å². The van der Waals surface area contributed by atoms with Gasteiger partial charge in [0.1, 0.15) is 17.5 Å². The summed E-state index contributed by atoms with van der Waals surface area (Å²) in [5, 5.41) is 2.98. The number of carbonyl (C=O) groups excluding carboxylic acids is 2. The fourth-order valence-corrected chi connectivity index (χ4v) is 4.17. The van der Waals surface area contributed by atoms with E-state index in [9.17, 15) is 9.59 Å². The third-order valence-electron chi connectivity index (χ3n) is 5.93. The molecule has 2 amide bonds. The maximum atomic E-state index is 13.3. The molecule has 1 unspecified atom stereocenters. The van der Waals surface area contributed by atoms with Gasteiger partial charge in [-0.05, 0) is 65.9 Å². The normalized spacial score (nSPS) is 15.2. The molecule has 0 bridgehead atoms. The molecule has 3 aromatic rings. The van der Waals surface area contributed by atoms with Crippen molar-refractivity contribution in [3.63, 3.8) is 0 Å². The SMILES string of the molecule is COc1cccc(CNC(=O)C2CCCN2C(=O)c2cccc(-c3cccc(OC)c3)c2)c1. The van der Waals surface area contributed by atoms with Crippen LogP contribution in [0, 0.1) is 0 Å². The van der Waals surface area contributed by atoms with Gasteiger partial charge in [0.05, 0.1) is 14.2 Å². The number of carbonyl (C=O) groups is 2. The predicted octanol–water partition coefficient (Wildman–Crippen LogP) is 4.29. The molecule has 0 aromatic heterocycles. The molecular weight excluding hydrogens is 416 g/mol. The van der Waals surface area contributed by atoms with Crippen molar-refractivity contribution in [3.8, 4) is 22.6 Å². The van der Waals surface area contributed by atoms with E-state index in [1.165, 1.54) is 0 Å². The first kappa shape index (κ1) is 22.4. The van der Waals surface area contributed by atoms with Crippen LogP contribution in [0.15, 0.2) is 72.8 Å². The molecule has 0 aliphatic carbocycles. The molecule has 1 aliphatic rings. The molecule has 0 radical (unpaired) electrons. The number of benzene rings is 3. The van der Waals surface area contributed by atoms with E-state index < -0.39 is 6.04 Å². The molecule has 1 atom stereocenters. The van der Waals surface area contributed by atoms with Crippen LogP contribution in [-0.2, 0) is 11.3 Å². The zero-order chi connectivity index (χ0) is 23.2. The topological polar surface area (TPSA) is 67.9 Å². The van der Waals surface area contributed by atoms with Gasteiger partial charge >= 0.3 is 0 Å². The second kappa shape index (κ2) is 10.2. The number of nitrogens with zero attached hydrogens (tertiary/aromatic N) is 1. The number of methoxy groups -OCH3 is 2. The van der Waals surface area contributed by atoms with E-state index in [2.05, 4.69) is 5.32 Å². The van der Waals surface area contributed by atoms with Crippen molar-refractivity contribution >= 4 is 11.8 Å². The Morgan fingerprint density at radius 2 is 1.58 bits per heavy atom. The molecule has 1 fully saturated rings. The minimum absolute atomic E-state index is 0.126. The molecule has 1 N–H and O–H groups in total. The van der Waals surface area contributed by atoms with Gasteiger partial charge in [0.25, 0.3) is 5.91 Å². The number of hydrogen-bond acceptors (Lipinski definition) is 4. The highest BCUT2D eigenvalue weighted by Gasteiger charge is 2.34. The summed E-state index contributed by atoms with van der Waals surface area (Å²) in [7, 11) is 3.24. The van der Waals surface area contributed by atoms with Crippen molar-refractivity contribution in [1.29, 1.82) is 0 Å². The minimum atomic E-state index is -0.469. The molecule has 33 heavy (non-hydrogen) atoms. The van der Waals surface area contributed by atoms with Crippen LogP contribution in [0.3, 0.4) is 0 Å². The maximum Gasteiger partial charge on any atom is 0.254 e. The second-order valence-electron chi connectivity index (χ2n) is 8.04. The fraction of sp³-hybridized carbons (Fsp3) is 0.259. The van der Waals surface area contributed by atoms with E-state index in [0.717, 1.165) is 34.6 Å². The Bertz CT molecular complexity index is 1140. The summed E-state index contributed by atoms with van der Waals surface area (Å²) in [6.07, 6.45) is 1.46. The van der Waals surface area contributed by atoms with Crippen molar-refractivity contribution in [3.05, 3.63) is 83.9 Å². The number of rotatable bonds is 7. The van der Waals surface area contributed by atoms with Crippen LogP contribution in [0.2, 0.25) is 0 Å². The van der Waals surface area contributed by atoms with Gasteiger partial charge < -0.3 is 19.7 Å². The van der Waals surface area contributed by atoms with E-state index in [-0.39, 0.29) is 11.8 Å². The van der Waals surface area contributed by atoms with Crippen LogP contribution in [0.5, 0.6) is 11.5 Å². The average molecular weight is 445 g/mol. The molecular formula is C27H28N2O4. The van der Waals surface area contributed by atoms with Crippen LogP contribution in [0.4, 0.5) is 0 Å². The van der Waals surface area contributed by atoms with E-state index in [4.69, 9.17) is 9.47 Å². The number of amides is 2. The van der Waals surface area contributed by atoms with Gasteiger partial charge in [0, 0.05) is 18.7 Å². The van der Waals surface area contributed by atoms with Gasteiger partial charge in [-0.2, -0.15) is 0 Å². The maximum absolute atomic E-state index is 13.3. The summed E-state index contributed by atoms with van der Waals surface area (Å²) in [4.78, 5) is 27.9. The van der Waals surface area contributed by atoms with Crippen LogP contribution < -0.4 is 14.8 Å². The lowest BCUT2D eigenvalue weighted by molar-refractivity contribution is -0.125. The van der Waals surface area contributed by atoms with E-state index >= 15 is 0 Å². The van der Waals surface area contributed by atoms with E-state index in [1.54, 1.807) is 25.2 Å². The Labute approximate surface area is 194 Å². The lowest BCUT2D eigenvalue weighted by atomic mass is 10.0. The van der Waals surface area contributed by atoms with Crippen LogP contribution in [0.25, 0.3) is 11.1 Å². The smallest absolute Gasteiger partial charge is 0.254 e. The lowest BCUT2D eigenvalue weighted by Gasteiger charge is -2.24. The number of hydrogen-bond donors (Lipinski definition) is 1. The Morgan fingerprint density at radius 1 is 0.909 bits per heavy atom. The predicted molar refractivity (Wildman–Crippen MR) is 127 cm³/mol. The largest absolute Gasteiger partial charge is 0.497 e. The first-order valence-corrected chi connectivity index (χ1v) is 11.0. The molecule has 6 heteroatoms. The highest BCUT2D eigenvalue weighted by atomic mass is 16.5. The highest BCUT2D eigenvalue weighted by Crippen LogP contribution is 2.26. The Morgan fingerprint density at radius 3 is 2.33 bits per heavy atom. The number of likely N-dealkylation sites (tertiary alicyclic amines) is 1. The molecule has 1 saturated heterocycles. The van der Waals surface area contributed by atoms with E-state index in [0.29, 0.717) is 25.1 Å². The average Bonchev–Trinajstić information content (AvgIpc) is 3.37. The van der Waals surface area contributed by atoms with Crippen molar-refractivity contribution < 1.29 is 19.1 Å². The Balaban J connectivity index is 1.46. The van der Waals surface area contributed by atoms with Gasteiger partial charge in [-0.1, -0.05) is 36.4 Å². The van der Waals surface area contributed by atoms with Gasteiger partial charge in [-0.15, -0.1) is 0 Å². The quantitative estimate of drug-likeness (QED) is 0.590. The van der Waals surface area contributed by atoms with Gasteiger partial charge in [0.15, 0.2) is 0 Å². The molecule has 1 aliphatic heterocycles. The molecule has 170 valence electrons. The fourth-order valence-electron chi connectivity index (χ4n) is 4.17. The Kier molecular flexibility index (Phi) is 6.93. The van der Waals surface area contributed by atoms with Gasteiger partial charge in [-0.25, -0.2) is 0 Å². The van der Waals surface area contributed by atoms with Crippen molar-refractivity contribution in [1.82, 2.24) is 10.2 Å². The molecule has 6 nitrogen and oxygen atoms in total. The molecule has 4 rings (SSSR count). The third-order valence-corrected chi connectivity index (χ3v) is 5.93. The summed E-state index contributed by atoms with van der Waals surface area (Å²) in [5.41, 5.74) is 3.42. The van der Waals surface area contributed by atoms with Crippen LogP contribution in [0.1, 0.15) is 28.8 Å². The summed E-state index contributed by atoms with van der Waals surface area (Å²) >= 11 is 0. The lowest BCUT2D eigenvalue weighted by Crippen LogP contribution is -2.45. The standard InChI is InChI=1S/C27H28N2O4/c1-32-23-11-3-7-19(15-23)18-28-26(30)25-13-6-14-29(25)27(31)22-10-4-8-20(16-22)21-9-5-12-24(17-21)33-2/h3-5,7-12,15-17,25H,6,13-14,18H2,1-2H3,(H,28,30). The molecule has 0 saturated carbocycles. The number of nitrogens with one attached hydrogen (secondary N) is 1. The van der Waals surface area contributed by atoms with Crippen molar-refractivity contribution in [2.45, 2.75) is 25.4 Å². The molecule has 0 spiro atoms. The second-order valence-corrected chi connectivity index (χ2v) is 8.04.